The van der Waals surface area contributed by atoms with Crippen LogP contribution in [0.3, 0.4) is 0 Å². The molecule has 0 saturated carbocycles. The quantitative estimate of drug-likeness (QED) is 0.541. The van der Waals surface area contributed by atoms with Gasteiger partial charge in [0.1, 0.15) is 0 Å². The van der Waals surface area contributed by atoms with Gasteiger partial charge < -0.3 is 16.0 Å². The van der Waals surface area contributed by atoms with Crippen LogP contribution >= 0.6 is 0 Å². The molecule has 0 saturated heterocycles. The monoisotopic (exact) mass is 172 g/mol. The maximum absolute atomic E-state index is 3.29. The van der Waals surface area contributed by atoms with E-state index >= 15 is 0 Å². The van der Waals surface area contributed by atoms with E-state index in [1.165, 1.54) is 6.04 Å². The summed E-state index contributed by atoms with van der Waals surface area (Å²) in [4.78, 5) is 0. The lowest BCUT2D eigenvalue weighted by Crippen LogP contribution is -2.44. The lowest BCUT2D eigenvalue weighted by molar-refractivity contribution is 0.406. The van der Waals surface area contributed by atoms with E-state index in [4.69, 9.17) is 0 Å². The summed E-state index contributed by atoms with van der Waals surface area (Å²) in [6.07, 6.45) is 1.06. The van der Waals surface area contributed by atoms with Crippen LogP contribution in [-0.2, 0) is 0 Å². The SMILES string of the molecule is CN[C](C)CC(NC)C(C)NC. The number of nitrogens with one attached hydrogen (secondary N) is 3. The van der Waals surface area contributed by atoms with Crippen molar-refractivity contribution < 1.29 is 0 Å². The number of hydrogen-bond donors (Lipinski definition) is 3. The highest BCUT2D eigenvalue weighted by atomic mass is 15.0. The first kappa shape index (κ1) is 11.9. The predicted octanol–water partition coefficient (Wildman–Crippen LogP) is 0.344. The van der Waals surface area contributed by atoms with Gasteiger partial charge in [-0.25, -0.2) is 0 Å². The largest absolute Gasteiger partial charge is 0.316 e. The van der Waals surface area contributed by atoms with Crippen LogP contribution in [0.5, 0.6) is 0 Å². The average Bonchev–Trinajstić information content (AvgIpc) is 2.12. The molecule has 0 amide bonds. The molecule has 3 heteroatoms. The van der Waals surface area contributed by atoms with Gasteiger partial charge in [0.15, 0.2) is 0 Å². The van der Waals surface area contributed by atoms with Crippen molar-refractivity contribution in [2.75, 3.05) is 21.1 Å². The van der Waals surface area contributed by atoms with Gasteiger partial charge in [-0.05, 0) is 41.4 Å². The molecule has 2 unspecified atom stereocenters. The van der Waals surface area contributed by atoms with Gasteiger partial charge in [-0.1, -0.05) is 0 Å². The van der Waals surface area contributed by atoms with Gasteiger partial charge in [0.25, 0.3) is 0 Å². The Morgan fingerprint density at radius 3 is 2.08 bits per heavy atom. The second-order valence-corrected chi connectivity index (χ2v) is 3.21. The van der Waals surface area contributed by atoms with E-state index in [0.29, 0.717) is 12.1 Å². The molecule has 0 rings (SSSR count). The summed E-state index contributed by atoms with van der Waals surface area (Å²) in [6.45, 7) is 4.30. The van der Waals surface area contributed by atoms with E-state index in [9.17, 15) is 0 Å². The van der Waals surface area contributed by atoms with Gasteiger partial charge in [-0.3, -0.25) is 0 Å². The molecule has 12 heavy (non-hydrogen) atoms. The summed E-state index contributed by atoms with van der Waals surface area (Å²) < 4.78 is 0. The van der Waals surface area contributed by atoms with Crippen LogP contribution in [0.25, 0.3) is 0 Å². The van der Waals surface area contributed by atoms with Crippen molar-refractivity contribution in [3.63, 3.8) is 0 Å². The highest BCUT2D eigenvalue weighted by molar-refractivity contribution is 4.89. The van der Waals surface area contributed by atoms with E-state index in [0.717, 1.165) is 6.42 Å². The molecule has 0 bridgehead atoms. The van der Waals surface area contributed by atoms with Crippen molar-refractivity contribution in [2.24, 2.45) is 0 Å². The smallest absolute Gasteiger partial charge is 0.0346 e. The highest BCUT2D eigenvalue weighted by Crippen LogP contribution is 2.06. The van der Waals surface area contributed by atoms with Crippen LogP contribution in [0, 0.1) is 6.04 Å². The van der Waals surface area contributed by atoms with Crippen LogP contribution in [0.2, 0.25) is 0 Å². The average molecular weight is 172 g/mol. The predicted molar refractivity (Wildman–Crippen MR) is 54.0 cm³/mol. The Bertz CT molecular complexity index is 106. The zero-order valence-electron chi connectivity index (χ0n) is 8.86. The van der Waals surface area contributed by atoms with E-state index in [1.54, 1.807) is 0 Å². The van der Waals surface area contributed by atoms with Crippen molar-refractivity contribution >= 4 is 0 Å². The first-order valence-corrected chi connectivity index (χ1v) is 4.50. The van der Waals surface area contributed by atoms with Crippen molar-refractivity contribution in [3.05, 3.63) is 6.04 Å². The molecule has 3 N–H and O–H groups in total. The molecule has 3 nitrogen and oxygen atoms in total. The van der Waals surface area contributed by atoms with Crippen molar-refractivity contribution in [1.82, 2.24) is 16.0 Å². The second kappa shape index (κ2) is 6.40. The fourth-order valence-corrected chi connectivity index (χ4v) is 1.16. The molecule has 0 aliphatic rings. The fourth-order valence-electron chi connectivity index (χ4n) is 1.16. The summed E-state index contributed by atoms with van der Waals surface area (Å²) in [5.74, 6) is 0. The topological polar surface area (TPSA) is 36.1 Å². The lowest BCUT2D eigenvalue weighted by Gasteiger charge is -2.25. The normalized spacial score (nSPS) is 16.5. The highest BCUT2D eigenvalue weighted by Gasteiger charge is 2.15. The molecule has 0 fully saturated rings. The Morgan fingerprint density at radius 1 is 1.17 bits per heavy atom. The summed E-state index contributed by atoms with van der Waals surface area (Å²) in [7, 11) is 5.96. The van der Waals surface area contributed by atoms with Crippen molar-refractivity contribution in [3.8, 4) is 0 Å². The van der Waals surface area contributed by atoms with Gasteiger partial charge in [-0.15, -0.1) is 0 Å². The number of hydrogen-bond acceptors (Lipinski definition) is 3. The zero-order chi connectivity index (χ0) is 9.56. The van der Waals surface area contributed by atoms with E-state index in [2.05, 4.69) is 29.8 Å². The first-order valence-electron chi connectivity index (χ1n) is 4.50. The third kappa shape index (κ3) is 4.04. The second-order valence-electron chi connectivity index (χ2n) is 3.21. The minimum Gasteiger partial charge on any atom is -0.316 e. The van der Waals surface area contributed by atoms with Gasteiger partial charge in [0.2, 0.25) is 0 Å². The Hall–Kier alpha value is -0.120. The Labute approximate surface area is 76.3 Å². The Kier molecular flexibility index (Phi) is 6.34. The van der Waals surface area contributed by atoms with Crippen LogP contribution < -0.4 is 16.0 Å². The summed E-state index contributed by atoms with van der Waals surface area (Å²) >= 11 is 0. The Morgan fingerprint density at radius 2 is 1.75 bits per heavy atom. The van der Waals surface area contributed by atoms with E-state index in [-0.39, 0.29) is 0 Å². The molecule has 0 aliphatic carbocycles. The molecular formula is C9H22N3. The third-order valence-electron chi connectivity index (χ3n) is 2.38. The number of rotatable bonds is 6. The zero-order valence-corrected chi connectivity index (χ0v) is 8.86. The van der Waals surface area contributed by atoms with Crippen LogP contribution in [0.4, 0.5) is 0 Å². The minimum absolute atomic E-state index is 0.498. The molecule has 0 aromatic carbocycles. The van der Waals surface area contributed by atoms with Crippen molar-refractivity contribution in [1.29, 1.82) is 0 Å². The van der Waals surface area contributed by atoms with Gasteiger partial charge in [-0.2, -0.15) is 0 Å². The molecule has 0 aromatic rings. The van der Waals surface area contributed by atoms with Crippen LogP contribution in [0.15, 0.2) is 0 Å². The maximum Gasteiger partial charge on any atom is 0.0346 e. The molecule has 0 heterocycles. The van der Waals surface area contributed by atoms with E-state index < -0.39 is 0 Å². The number of likely N-dealkylation sites (N-methyl/N-ethyl adjacent to an activating group) is 2. The van der Waals surface area contributed by atoms with E-state index in [1.807, 2.05) is 21.1 Å². The van der Waals surface area contributed by atoms with Crippen LogP contribution in [0.1, 0.15) is 20.3 Å². The molecule has 73 valence electrons. The molecular weight excluding hydrogens is 150 g/mol. The van der Waals surface area contributed by atoms with Gasteiger partial charge >= 0.3 is 0 Å². The molecule has 0 aliphatic heterocycles. The van der Waals surface area contributed by atoms with Gasteiger partial charge in [0.05, 0.1) is 0 Å². The Balaban J connectivity index is 3.81. The van der Waals surface area contributed by atoms with Gasteiger partial charge in [0, 0.05) is 18.1 Å². The molecule has 0 aromatic heterocycles. The fraction of sp³-hybridized carbons (Fsp3) is 0.889. The maximum atomic E-state index is 3.29. The summed E-state index contributed by atoms with van der Waals surface area (Å²) in [6, 6.07) is 2.32. The molecule has 1 radical (unpaired) electrons. The molecule has 0 spiro atoms. The minimum atomic E-state index is 0.498. The first-order chi connectivity index (χ1) is 5.65. The lowest BCUT2D eigenvalue weighted by atomic mass is 10.0. The summed E-state index contributed by atoms with van der Waals surface area (Å²) in [5.41, 5.74) is 0. The third-order valence-corrected chi connectivity index (χ3v) is 2.38. The van der Waals surface area contributed by atoms with Crippen molar-refractivity contribution in [2.45, 2.75) is 32.4 Å². The molecule has 2 atom stereocenters. The standard InChI is InChI=1S/C9H22N3/c1-7(10-3)6-9(12-5)8(2)11-4/h8-12H,6H2,1-5H3. The summed E-state index contributed by atoms with van der Waals surface area (Å²) in [5, 5.41) is 9.69. The van der Waals surface area contributed by atoms with Crippen LogP contribution in [-0.4, -0.2) is 33.2 Å².